The minimum atomic E-state index is -3.67. The van der Waals surface area contributed by atoms with E-state index in [1.165, 1.54) is 22.5 Å². The van der Waals surface area contributed by atoms with Crippen LogP contribution in [0.3, 0.4) is 0 Å². The number of fused-ring (bicyclic) bond motifs is 1. The van der Waals surface area contributed by atoms with Gasteiger partial charge in [-0.3, -0.25) is 14.4 Å². The van der Waals surface area contributed by atoms with Crippen LogP contribution < -0.4 is 5.32 Å². The third-order valence-corrected chi connectivity index (χ3v) is 11.3. The fourth-order valence-electron chi connectivity index (χ4n) is 5.86. The van der Waals surface area contributed by atoms with Gasteiger partial charge in [0.05, 0.1) is 10.3 Å². The first-order valence-corrected chi connectivity index (χ1v) is 15.4. The van der Waals surface area contributed by atoms with Crippen LogP contribution >= 0.6 is 11.8 Å². The number of hydrogen-bond acceptors (Lipinski definition) is 6. The summed E-state index contributed by atoms with van der Waals surface area (Å²) in [6, 6.07) is 6.20. The minimum absolute atomic E-state index is 0.0127. The molecular formula is C26H34N4O5S2. The maximum atomic E-state index is 13.3. The van der Waals surface area contributed by atoms with Crippen molar-refractivity contribution in [2.24, 2.45) is 11.8 Å². The Balaban J connectivity index is 1.15. The molecule has 4 aliphatic heterocycles. The van der Waals surface area contributed by atoms with Gasteiger partial charge in [0.1, 0.15) is 0 Å². The summed E-state index contributed by atoms with van der Waals surface area (Å²) >= 11 is 1.61. The van der Waals surface area contributed by atoms with Crippen LogP contribution in [-0.2, 0) is 19.6 Å². The van der Waals surface area contributed by atoms with Crippen molar-refractivity contribution in [3.05, 3.63) is 42.5 Å². The third-order valence-electron chi connectivity index (χ3n) is 7.98. The highest BCUT2D eigenvalue weighted by Gasteiger charge is 2.45. The number of benzene rings is 1. The van der Waals surface area contributed by atoms with Crippen molar-refractivity contribution in [3.8, 4) is 0 Å². The number of likely N-dealkylation sites (tertiary alicyclic amines) is 2. The van der Waals surface area contributed by atoms with Crippen LogP contribution in [-0.4, -0.2) is 90.1 Å². The smallest absolute Gasteiger partial charge is 0.253 e. The second-order valence-electron chi connectivity index (χ2n) is 10.3. The van der Waals surface area contributed by atoms with Crippen LogP contribution in [0.15, 0.2) is 41.8 Å². The van der Waals surface area contributed by atoms with Crippen molar-refractivity contribution in [1.29, 1.82) is 0 Å². The Bertz CT molecular complexity index is 1140. The first kappa shape index (κ1) is 26.2. The predicted molar refractivity (Wildman–Crippen MR) is 141 cm³/mol. The van der Waals surface area contributed by atoms with E-state index in [1.54, 1.807) is 28.8 Å². The minimum Gasteiger partial charge on any atom is -0.342 e. The Labute approximate surface area is 222 Å². The summed E-state index contributed by atoms with van der Waals surface area (Å²) in [7, 11) is -3.67. The highest BCUT2D eigenvalue weighted by atomic mass is 32.2. The fourth-order valence-corrected chi connectivity index (χ4v) is 9.13. The second-order valence-corrected chi connectivity index (χ2v) is 13.7. The lowest BCUT2D eigenvalue weighted by atomic mass is 9.95. The van der Waals surface area contributed by atoms with Crippen LogP contribution in [0.4, 0.5) is 0 Å². The lowest BCUT2D eigenvalue weighted by molar-refractivity contribution is -0.135. The van der Waals surface area contributed by atoms with E-state index in [-0.39, 0.29) is 45.1 Å². The molecular weight excluding hydrogens is 512 g/mol. The van der Waals surface area contributed by atoms with E-state index in [4.69, 9.17) is 0 Å². The van der Waals surface area contributed by atoms with Crippen molar-refractivity contribution in [3.63, 3.8) is 0 Å². The molecule has 9 nitrogen and oxygen atoms in total. The van der Waals surface area contributed by atoms with Crippen LogP contribution in [0, 0.1) is 11.8 Å². The monoisotopic (exact) mass is 546 g/mol. The van der Waals surface area contributed by atoms with Gasteiger partial charge in [-0.1, -0.05) is 6.58 Å². The molecule has 0 radical (unpaired) electrons. The van der Waals surface area contributed by atoms with Gasteiger partial charge < -0.3 is 15.1 Å². The van der Waals surface area contributed by atoms with E-state index in [0.29, 0.717) is 44.6 Å². The lowest BCUT2D eigenvalue weighted by Crippen LogP contribution is -2.43. The lowest BCUT2D eigenvalue weighted by Gasteiger charge is -2.33. The fraction of sp³-hybridized carbons (Fsp3) is 0.577. The largest absolute Gasteiger partial charge is 0.342 e. The highest BCUT2D eigenvalue weighted by Crippen LogP contribution is 2.43. The highest BCUT2D eigenvalue weighted by molar-refractivity contribution is 8.00. The van der Waals surface area contributed by atoms with Gasteiger partial charge in [-0.05, 0) is 68.4 Å². The average molecular weight is 547 g/mol. The van der Waals surface area contributed by atoms with Crippen molar-refractivity contribution in [2.75, 3.05) is 39.3 Å². The molecule has 4 aliphatic rings. The second kappa shape index (κ2) is 10.8. The number of carbonyl (C=O) groups is 3. The van der Waals surface area contributed by atoms with Crippen molar-refractivity contribution >= 4 is 39.5 Å². The Kier molecular flexibility index (Phi) is 7.65. The summed E-state index contributed by atoms with van der Waals surface area (Å²) in [4.78, 5) is 41.2. The first-order valence-electron chi connectivity index (χ1n) is 13.0. The number of thioether (sulfide) groups is 1. The zero-order valence-electron chi connectivity index (χ0n) is 20.9. The van der Waals surface area contributed by atoms with Crippen LogP contribution in [0.25, 0.3) is 0 Å². The summed E-state index contributed by atoms with van der Waals surface area (Å²) in [5, 5.41) is 3.02. The Hall–Kier alpha value is -2.37. The van der Waals surface area contributed by atoms with Crippen molar-refractivity contribution < 1.29 is 22.8 Å². The SMILES string of the molecule is C=CC(=O)NC1CC2CN(S(=O)(=O)c3ccc(C(=O)N4CCC(C(=O)N5CCCC5)CC4)cc3)CC2S1. The topological polar surface area (TPSA) is 107 Å². The van der Waals surface area contributed by atoms with E-state index >= 15 is 0 Å². The van der Waals surface area contributed by atoms with Gasteiger partial charge in [-0.15, -0.1) is 11.8 Å². The molecule has 0 aliphatic carbocycles. The summed E-state index contributed by atoms with van der Waals surface area (Å²) in [5.74, 6) is 0.0604. The summed E-state index contributed by atoms with van der Waals surface area (Å²) < 4.78 is 28.0. The number of nitrogens with zero attached hydrogens (tertiary/aromatic N) is 3. The molecule has 3 amide bonds. The average Bonchev–Trinajstić information content (AvgIpc) is 3.65. The molecule has 4 heterocycles. The van der Waals surface area contributed by atoms with Gasteiger partial charge in [-0.2, -0.15) is 4.31 Å². The molecule has 0 bridgehead atoms. The summed E-state index contributed by atoms with van der Waals surface area (Å²) in [6.45, 7) is 7.06. The molecule has 4 fully saturated rings. The predicted octanol–water partition coefficient (Wildman–Crippen LogP) is 1.92. The Morgan fingerprint density at radius 3 is 2.27 bits per heavy atom. The van der Waals surface area contributed by atoms with Gasteiger partial charge in [0.15, 0.2) is 0 Å². The van der Waals surface area contributed by atoms with Gasteiger partial charge in [0.25, 0.3) is 5.91 Å². The molecule has 0 aromatic heterocycles. The van der Waals surface area contributed by atoms with Gasteiger partial charge in [0, 0.05) is 56.0 Å². The molecule has 3 unspecified atom stereocenters. The van der Waals surface area contributed by atoms with Crippen LogP contribution in [0.5, 0.6) is 0 Å². The third kappa shape index (κ3) is 5.44. The normalized spacial score (nSPS) is 26.8. The number of piperidine rings is 1. The number of nitrogens with one attached hydrogen (secondary N) is 1. The maximum Gasteiger partial charge on any atom is 0.253 e. The van der Waals surface area contributed by atoms with Gasteiger partial charge in [0.2, 0.25) is 21.8 Å². The maximum absolute atomic E-state index is 13.3. The standard InChI is InChI=1S/C26H34N4O5S2/c1-2-23(31)27-24-15-20-16-30(17-22(20)36-24)37(34,35)21-7-5-18(6-8-21)25(32)29-13-9-19(10-14-29)26(33)28-11-3-4-12-28/h2,5-8,19-20,22,24H,1,3-4,9-17H2,(H,27,31). The molecule has 3 atom stereocenters. The molecule has 1 aromatic rings. The first-order chi connectivity index (χ1) is 17.8. The molecule has 200 valence electrons. The van der Waals surface area contributed by atoms with E-state index in [9.17, 15) is 22.8 Å². The summed E-state index contributed by atoms with van der Waals surface area (Å²) in [5.41, 5.74) is 0.456. The molecule has 5 rings (SSSR count). The van der Waals surface area contributed by atoms with Crippen molar-refractivity contribution in [1.82, 2.24) is 19.4 Å². The molecule has 37 heavy (non-hydrogen) atoms. The quantitative estimate of drug-likeness (QED) is 0.547. The Morgan fingerprint density at radius 2 is 1.65 bits per heavy atom. The van der Waals surface area contributed by atoms with E-state index in [0.717, 1.165) is 32.4 Å². The number of amides is 3. The molecule has 1 N–H and O–H groups in total. The molecule has 0 spiro atoms. The number of rotatable bonds is 6. The summed E-state index contributed by atoms with van der Waals surface area (Å²) in [6.07, 6.45) is 5.46. The number of carbonyl (C=O) groups excluding carboxylic acids is 3. The zero-order chi connectivity index (χ0) is 26.2. The van der Waals surface area contributed by atoms with Gasteiger partial charge in [-0.25, -0.2) is 8.42 Å². The van der Waals surface area contributed by atoms with E-state index in [1.807, 2.05) is 4.90 Å². The van der Waals surface area contributed by atoms with E-state index in [2.05, 4.69) is 11.9 Å². The molecule has 11 heteroatoms. The molecule has 4 saturated heterocycles. The van der Waals surface area contributed by atoms with Crippen molar-refractivity contribution in [2.45, 2.75) is 47.6 Å². The molecule has 0 saturated carbocycles. The van der Waals surface area contributed by atoms with E-state index < -0.39 is 10.0 Å². The Morgan fingerprint density at radius 1 is 0.973 bits per heavy atom. The molecule has 1 aromatic carbocycles. The number of sulfonamides is 1. The van der Waals surface area contributed by atoms with Crippen LogP contribution in [0.2, 0.25) is 0 Å². The number of hydrogen-bond donors (Lipinski definition) is 1. The zero-order valence-corrected chi connectivity index (χ0v) is 22.5. The van der Waals surface area contributed by atoms with Gasteiger partial charge >= 0.3 is 0 Å². The van der Waals surface area contributed by atoms with Crippen LogP contribution in [0.1, 0.15) is 42.5 Å².